The van der Waals surface area contributed by atoms with Crippen LogP contribution in [0.1, 0.15) is 51.4 Å². The minimum Gasteiger partial charge on any atom is -0.264 e. The number of hydrogen-bond donors (Lipinski definition) is 0. The highest BCUT2D eigenvalue weighted by molar-refractivity contribution is 5.22. The molecule has 2 aromatic rings. The topological polar surface area (TPSA) is 25.8 Å². The van der Waals surface area contributed by atoms with E-state index < -0.39 is 0 Å². The predicted molar refractivity (Wildman–Crippen MR) is 88.4 cm³/mol. The normalized spacial score (nSPS) is 12.4. The molecule has 21 heavy (non-hydrogen) atoms. The summed E-state index contributed by atoms with van der Waals surface area (Å²) in [6.45, 7) is 11.2. The van der Waals surface area contributed by atoms with Crippen LogP contribution in [0.2, 0.25) is 0 Å². The zero-order valence-electron chi connectivity index (χ0n) is 13.9. The van der Waals surface area contributed by atoms with E-state index in [1.807, 2.05) is 24.7 Å². The van der Waals surface area contributed by atoms with E-state index in [4.69, 9.17) is 0 Å². The van der Waals surface area contributed by atoms with Crippen molar-refractivity contribution in [1.29, 1.82) is 0 Å². The number of nitrogens with zero attached hydrogens (tertiary/aromatic N) is 2. The summed E-state index contributed by atoms with van der Waals surface area (Å²) < 4.78 is 0. The number of aromatic nitrogens is 2. The van der Waals surface area contributed by atoms with Crippen LogP contribution in [-0.4, -0.2) is 9.97 Å². The van der Waals surface area contributed by atoms with Gasteiger partial charge < -0.3 is 0 Å². The van der Waals surface area contributed by atoms with E-state index in [1.165, 1.54) is 11.1 Å². The first kappa shape index (κ1) is 15.7. The van der Waals surface area contributed by atoms with E-state index in [2.05, 4.69) is 62.8 Å². The van der Waals surface area contributed by atoms with Gasteiger partial charge in [-0.05, 0) is 46.9 Å². The van der Waals surface area contributed by atoms with Gasteiger partial charge in [-0.15, -0.1) is 0 Å². The zero-order chi connectivity index (χ0) is 15.5. The smallest absolute Gasteiger partial charge is 0.0409 e. The van der Waals surface area contributed by atoms with Gasteiger partial charge in [0.05, 0.1) is 0 Å². The molecule has 0 aliphatic rings. The van der Waals surface area contributed by atoms with E-state index in [0.717, 1.165) is 18.5 Å². The lowest BCUT2D eigenvalue weighted by Gasteiger charge is -2.25. The van der Waals surface area contributed by atoms with Crippen molar-refractivity contribution in [3.05, 3.63) is 59.7 Å². The highest BCUT2D eigenvalue weighted by Gasteiger charge is 2.21. The van der Waals surface area contributed by atoms with Crippen LogP contribution in [0.3, 0.4) is 0 Å². The zero-order valence-corrected chi connectivity index (χ0v) is 13.9. The van der Waals surface area contributed by atoms with Crippen LogP contribution in [0.15, 0.2) is 42.9 Å². The Labute approximate surface area is 128 Å². The van der Waals surface area contributed by atoms with E-state index in [-0.39, 0.29) is 10.8 Å². The van der Waals surface area contributed by atoms with Crippen molar-refractivity contribution < 1.29 is 0 Å². The quantitative estimate of drug-likeness (QED) is 0.820. The van der Waals surface area contributed by atoms with E-state index >= 15 is 0 Å². The van der Waals surface area contributed by atoms with Crippen molar-refractivity contribution in [3.8, 4) is 0 Å². The predicted octanol–water partition coefficient (Wildman–Crippen LogP) is 4.59. The summed E-state index contributed by atoms with van der Waals surface area (Å²) >= 11 is 0. The average Bonchev–Trinajstić information content (AvgIpc) is 2.38. The molecule has 0 fully saturated rings. The third-order valence-electron chi connectivity index (χ3n) is 3.76. The van der Waals surface area contributed by atoms with Gasteiger partial charge >= 0.3 is 0 Å². The Morgan fingerprint density at radius 2 is 1.67 bits per heavy atom. The van der Waals surface area contributed by atoms with Crippen LogP contribution < -0.4 is 0 Å². The maximum atomic E-state index is 4.66. The molecule has 2 heteroatoms. The molecule has 0 unspecified atom stereocenters. The lowest BCUT2D eigenvalue weighted by Crippen LogP contribution is -2.19. The van der Waals surface area contributed by atoms with E-state index in [9.17, 15) is 0 Å². The third kappa shape index (κ3) is 4.66. The van der Waals surface area contributed by atoms with E-state index in [1.54, 1.807) is 0 Å². The fourth-order valence-corrected chi connectivity index (χ4v) is 2.58. The molecule has 0 aliphatic carbocycles. The fraction of sp³-hybridized carbons (Fsp3) is 0.474. The Hall–Kier alpha value is -1.70. The van der Waals surface area contributed by atoms with Gasteiger partial charge in [-0.3, -0.25) is 9.97 Å². The third-order valence-corrected chi connectivity index (χ3v) is 3.76. The summed E-state index contributed by atoms with van der Waals surface area (Å²) in [5, 5.41) is 0. The summed E-state index contributed by atoms with van der Waals surface area (Å²) in [7, 11) is 0. The Kier molecular flexibility index (Phi) is 4.46. The largest absolute Gasteiger partial charge is 0.264 e. The van der Waals surface area contributed by atoms with Crippen LogP contribution >= 0.6 is 0 Å². The van der Waals surface area contributed by atoms with Crippen molar-refractivity contribution in [2.24, 2.45) is 5.41 Å². The molecule has 0 N–H and O–H groups in total. The van der Waals surface area contributed by atoms with Crippen LogP contribution in [0, 0.1) is 5.41 Å². The minimum atomic E-state index is 0.163. The second kappa shape index (κ2) is 5.97. The summed E-state index contributed by atoms with van der Waals surface area (Å²) in [6, 6.07) is 8.53. The summed E-state index contributed by atoms with van der Waals surface area (Å²) in [5.41, 5.74) is 4.08. The summed E-state index contributed by atoms with van der Waals surface area (Å²) in [5.74, 6) is 0. The van der Waals surface area contributed by atoms with Crippen LogP contribution in [0.25, 0.3) is 0 Å². The molecule has 0 aliphatic heterocycles. The van der Waals surface area contributed by atoms with Crippen LogP contribution in [-0.2, 0) is 18.3 Å². The maximum absolute atomic E-state index is 4.66. The van der Waals surface area contributed by atoms with Gasteiger partial charge in [0.25, 0.3) is 0 Å². The molecule has 0 atom stereocenters. The van der Waals surface area contributed by atoms with Gasteiger partial charge in [0.1, 0.15) is 0 Å². The highest BCUT2D eigenvalue weighted by atomic mass is 14.7. The first-order valence-electron chi connectivity index (χ1n) is 7.61. The Morgan fingerprint density at radius 3 is 2.19 bits per heavy atom. The van der Waals surface area contributed by atoms with Gasteiger partial charge in [0, 0.05) is 24.3 Å². The van der Waals surface area contributed by atoms with Crippen molar-refractivity contribution in [3.63, 3.8) is 0 Å². The number of pyridine rings is 2. The molecular formula is C19H26N2. The van der Waals surface area contributed by atoms with Crippen molar-refractivity contribution >= 4 is 0 Å². The molecule has 0 saturated carbocycles. The Morgan fingerprint density at radius 1 is 0.905 bits per heavy atom. The minimum absolute atomic E-state index is 0.163. The van der Waals surface area contributed by atoms with Crippen molar-refractivity contribution in [2.45, 2.75) is 52.9 Å². The highest BCUT2D eigenvalue weighted by Crippen LogP contribution is 2.27. The molecule has 0 bridgehead atoms. The first-order chi connectivity index (χ1) is 9.76. The second-order valence-corrected chi connectivity index (χ2v) is 7.67. The molecule has 0 radical (unpaired) electrons. The molecule has 0 amide bonds. The monoisotopic (exact) mass is 282 g/mol. The number of hydrogen-bond acceptors (Lipinski definition) is 2. The molecule has 2 heterocycles. The van der Waals surface area contributed by atoms with Gasteiger partial charge in [0.2, 0.25) is 0 Å². The fourth-order valence-electron chi connectivity index (χ4n) is 2.58. The standard InChI is InChI=1S/C19H26N2/c1-18(2,3)16-8-9-17(21-14-16)12-19(4,5)11-15-7-6-10-20-13-15/h6-10,13-14H,11-12H2,1-5H3. The van der Waals surface area contributed by atoms with E-state index in [0.29, 0.717) is 0 Å². The van der Waals surface area contributed by atoms with Crippen molar-refractivity contribution in [2.75, 3.05) is 0 Å². The second-order valence-electron chi connectivity index (χ2n) is 7.67. The molecular weight excluding hydrogens is 256 g/mol. The Balaban J connectivity index is 2.06. The molecule has 0 aromatic carbocycles. The SMILES string of the molecule is CC(C)(Cc1cccnc1)Cc1ccc(C(C)(C)C)cn1. The Bertz CT molecular complexity index is 563. The lowest BCUT2D eigenvalue weighted by atomic mass is 9.81. The molecule has 2 nitrogen and oxygen atoms in total. The van der Waals surface area contributed by atoms with Crippen LogP contribution in [0.5, 0.6) is 0 Å². The molecule has 2 aromatic heterocycles. The van der Waals surface area contributed by atoms with Crippen LogP contribution in [0.4, 0.5) is 0 Å². The lowest BCUT2D eigenvalue weighted by molar-refractivity contribution is 0.356. The molecule has 0 spiro atoms. The molecule has 112 valence electrons. The summed E-state index contributed by atoms with van der Waals surface area (Å²) in [4.78, 5) is 8.86. The van der Waals surface area contributed by atoms with Gasteiger partial charge in [-0.2, -0.15) is 0 Å². The molecule has 0 saturated heterocycles. The maximum Gasteiger partial charge on any atom is 0.0409 e. The first-order valence-corrected chi connectivity index (χ1v) is 7.61. The van der Waals surface area contributed by atoms with Crippen molar-refractivity contribution in [1.82, 2.24) is 9.97 Å². The molecule has 2 rings (SSSR count). The van der Waals surface area contributed by atoms with Gasteiger partial charge in [-0.1, -0.05) is 46.8 Å². The average molecular weight is 282 g/mol. The summed E-state index contributed by atoms with van der Waals surface area (Å²) in [6.07, 6.45) is 7.80. The number of rotatable bonds is 4. The van der Waals surface area contributed by atoms with Gasteiger partial charge in [-0.25, -0.2) is 0 Å². The van der Waals surface area contributed by atoms with Gasteiger partial charge in [0.15, 0.2) is 0 Å².